The van der Waals surface area contributed by atoms with Gasteiger partial charge in [0.25, 0.3) is 5.69 Å². The van der Waals surface area contributed by atoms with Crippen LogP contribution >= 0.6 is 0 Å². The number of morpholine rings is 1. The standard InChI is InChI=1S/C17H26N4O5S/c22-21(23)17-14-15(27(24,25)20-8-1-2-9-20)4-5-16(17)18-6-3-7-19-10-12-26-13-11-19/h4-5,14,18H,1-3,6-13H2. The third-order valence-electron chi connectivity index (χ3n) is 4.94. The Kier molecular flexibility index (Phi) is 6.64. The fourth-order valence-electron chi connectivity index (χ4n) is 3.40. The first-order valence-electron chi connectivity index (χ1n) is 9.31. The zero-order valence-electron chi connectivity index (χ0n) is 15.3. The van der Waals surface area contributed by atoms with Crippen LogP contribution in [0.15, 0.2) is 23.1 Å². The lowest BCUT2D eigenvalue weighted by molar-refractivity contribution is -0.384. The predicted octanol–water partition coefficient (Wildman–Crippen LogP) is 1.51. The normalized spacial score (nSPS) is 19.3. The van der Waals surface area contributed by atoms with Crippen molar-refractivity contribution < 1.29 is 18.1 Å². The molecule has 2 aliphatic heterocycles. The molecule has 0 bridgehead atoms. The summed E-state index contributed by atoms with van der Waals surface area (Å²) in [4.78, 5) is 13.2. The van der Waals surface area contributed by atoms with Gasteiger partial charge in [0.15, 0.2) is 0 Å². The molecule has 150 valence electrons. The van der Waals surface area contributed by atoms with E-state index >= 15 is 0 Å². The Bertz CT molecular complexity index is 759. The molecule has 0 aliphatic carbocycles. The van der Waals surface area contributed by atoms with Crippen LogP contribution in [0.1, 0.15) is 19.3 Å². The van der Waals surface area contributed by atoms with Crippen LogP contribution < -0.4 is 5.32 Å². The predicted molar refractivity (Wildman–Crippen MR) is 101 cm³/mol. The van der Waals surface area contributed by atoms with E-state index in [9.17, 15) is 18.5 Å². The minimum Gasteiger partial charge on any atom is -0.379 e. The summed E-state index contributed by atoms with van der Waals surface area (Å²) in [6, 6.07) is 4.11. The number of sulfonamides is 1. The van der Waals surface area contributed by atoms with Gasteiger partial charge in [0.05, 0.1) is 23.0 Å². The van der Waals surface area contributed by atoms with Gasteiger partial charge in [0.1, 0.15) is 5.69 Å². The van der Waals surface area contributed by atoms with Crippen molar-refractivity contribution in [3.8, 4) is 0 Å². The van der Waals surface area contributed by atoms with Crippen molar-refractivity contribution in [2.45, 2.75) is 24.2 Å². The summed E-state index contributed by atoms with van der Waals surface area (Å²) in [5, 5.41) is 14.5. The highest BCUT2D eigenvalue weighted by Crippen LogP contribution is 2.30. The molecule has 2 fully saturated rings. The number of rotatable bonds is 8. The first-order valence-corrected chi connectivity index (χ1v) is 10.7. The molecule has 0 unspecified atom stereocenters. The van der Waals surface area contributed by atoms with Crippen molar-refractivity contribution in [2.24, 2.45) is 0 Å². The maximum atomic E-state index is 12.6. The van der Waals surface area contributed by atoms with Crippen molar-refractivity contribution in [3.63, 3.8) is 0 Å². The van der Waals surface area contributed by atoms with Gasteiger partial charge in [-0.05, 0) is 37.9 Å². The molecule has 0 aromatic heterocycles. The number of hydrogen-bond donors (Lipinski definition) is 1. The highest BCUT2D eigenvalue weighted by molar-refractivity contribution is 7.89. The number of hydrogen-bond acceptors (Lipinski definition) is 7. The molecule has 10 heteroatoms. The third-order valence-corrected chi connectivity index (χ3v) is 6.83. The fourth-order valence-corrected chi connectivity index (χ4v) is 4.94. The number of ether oxygens (including phenoxy) is 1. The van der Waals surface area contributed by atoms with Crippen LogP contribution in [0.25, 0.3) is 0 Å². The molecule has 1 N–H and O–H groups in total. The summed E-state index contributed by atoms with van der Waals surface area (Å²) in [7, 11) is -3.67. The Balaban J connectivity index is 1.64. The Hall–Kier alpha value is -1.75. The minimum absolute atomic E-state index is 0.0185. The van der Waals surface area contributed by atoms with Gasteiger partial charge in [-0.3, -0.25) is 15.0 Å². The molecule has 0 atom stereocenters. The van der Waals surface area contributed by atoms with Crippen molar-refractivity contribution in [3.05, 3.63) is 28.3 Å². The van der Waals surface area contributed by atoms with Gasteiger partial charge < -0.3 is 10.1 Å². The Labute approximate surface area is 159 Å². The number of anilines is 1. The summed E-state index contributed by atoms with van der Waals surface area (Å²) >= 11 is 0. The van der Waals surface area contributed by atoms with Crippen LogP contribution in [0, 0.1) is 10.1 Å². The molecule has 1 aromatic rings. The van der Waals surface area contributed by atoms with E-state index in [0.717, 1.165) is 58.2 Å². The van der Waals surface area contributed by atoms with E-state index in [4.69, 9.17) is 4.74 Å². The van der Waals surface area contributed by atoms with Crippen LogP contribution in [-0.4, -0.2) is 75.0 Å². The van der Waals surface area contributed by atoms with Gasteiger partial charge in [-0.25, -0.2) is 8.42 Å². The first kappa shape index (κ1) is 20.0. The number of nitrogens with zero attached hydrogens (tertiary/aromatic N) is 3. The lowest BCUT2D eigenvalue weighted by Crippen LogP contribution is -2.37. The number of benzene rings is 1. The van der Waals surface area contributed by atoms with Crippen molar-refractivity contribution in [1.29, 1.82) is 0 Å². The van der Waals surface area contributed by atoms with Crippen LogP contribution in [-0.2, 0) is 14.8 Å². The lowest BCUT2D eigenvalue weighted by atomic mass is 10.2. The van der Waals surface area contributed by atoms with Crippen molar-refractivity contribution in [2.75, 3.05) is 57.8 Å². The second-order valence-electron chi connectivity index (χ2n) is 6.78. The quantitative estimate of drug-likeness (QED) is 0.402. The van der Waals surface area contributed by atoms with E-state index in [-0.39, 0.29) is 10.6 Å². The van der Waals surface area contributed by atoms with Crippen LogP contribution in [0.3, 0.4) is 0 Å². The van der Waals surface area contributed by atoms with Crippen LogP contribution in [0.5, 0.6) is 0 Å². The fraction of sp³-hybridized carbons (Fsp3) is 0.647. The Morgan fingerprint density at radius 1 is 1.15 bits per heavy atom. The largest absolute Gasteiger partial charge is 0.379 e. The minimum atomic E-state index is -3.67. The summed E-state index contributed by atoms with van der Waals surface area (Å²) in [5.41, 5.74) is 0.143. The molecule has 9 nitrogen and oxygen atoms in total. The third kappa shape index (κ3) is 4.95. The van der Waals surface area contributed by atoms with Crippen LogP contribution in [0.2, 0.25) is 0 Å². The van der Waals surface area contributed by atoms with E-state index in [1.54, 1.807) is 0 Å². The van der Waals surface area contributed by atoms with Gasteiger partial charge in [-0.1, -0.05) is 0 Å². The van der Waals surface area contributed by atoms with Gasteiger partial charge in [-0.15, -0.1) is 0 Å². The zero-order valence-corrected chi connectivity index (χ0v) is 16.1. The summed E-state index contributed by atoms with van der Waals surface area (Å²) in [6.07, 6.45) is 2.49. The second-order valence-corrected chi connectivity index (χ2v) is 8.72. The number of nitrogens with one attached hydrogen (secondary N) is 1. The number of nitro benzene ring substituents is 1. The average molecular weight is 398 g/mol. The summed E-state index contributed by atoms with van der Waals surface area (Å²) < 4.78 is 31.9. The zero-order chi connectivity index (χ0) is 19.3. The maximum absolute atomic E-state index is 12.6. The SMILES string of the molecule is O=[N+]([O-])c1cc(S(=O)(=O)N2CCCC2)ccc1NCCCN1CCOCC1. The second kappa shape index (κ2) is 8.96. The van der Waals surface area contributed by atoms with E-state index in [0.29, 0.717) is 25.3 Å². The van der Waals surface area contributed by atoms with Gasteiger partial charge in [-0.2, -0.15) is 4.31 Å². The molecule has 2 saturated heterocycles. The lowest BCUT2D eigenvalue weighted by Gasteiger charge is -2.26. The molecule has 0 saturated carbocycles. The molecule has 3 rings (SSSR count). The van der Waals surface area contributed by atoms with E-state index in [2.05, 4.69) is 10.2 Å². The molecular weight excluding hydrogens is 372 g/mol. The Morgan fingerprint density at radius 3 is 2.52 bits per heavy atom. The highest BCUT2D eigenvalue weighted by Gasteiger charge is 2.29. The molecule has 0 radical (unpaired) electrons. The van der Waals surface area contributed by atoms with Crippen LogP contribution in [0.4, 0.5) is 11.4 Å². The monoisotopic (exact) mass is 398 g/mol. The molecule has 27 heavy (non-hydrogen) atoms. The molecule has 0 amide bonds. The topological polar surface area (TPSA) is 105 Å². The first-order chi connectivity index (χ1) is 13.0. The molecule has 0 spiro atoms. The van der Waals surface area contributed by atoms with E-state index < -0.39 is 14.9 Å². The van der Waals surface area contributed by atoms with Crippen molar-refractivity contribution in [1.82, 2.24) is 9.21 Å². The smallest absolute Gasteiger partial charge is 0.293 e. The van der Waals surface area contributed by atoms with Gasteiger partial charge >= 0.3 is 0 Å². The Morgan fingerprint density at radius 2 is 1.85 bits per heavy atom. The van der Waals surface area contributed by atoms with Gasteiger partial charge in [0.2, 0.25) is 10.0 Å². The average Bonchev–Trinajstić information content (AvgIpc) is 3.21. The molecular formula is C17H26N4O5S. The molecule has 1 aromatic carbocycles. The van der Waals surface area contributed by atoms with Crippen molar-refractivity contribution >= 4 is 21.4 Å². The highest BCUT2D eigenvalue weighted by atomic mass is 32.2. The molecule has 2 aliphatic rings. The van der Waals surface area contributed by atoms with Gasteiger partial charge in [0, 0.05) is 38.8 Å². The summed E-state index contributed by atoms with van der Waals surface area (Å²) in [5.74, 6) is 0. The maximum Gasteiger partial charge on any atom is 0.293 e. The number of nitro groups is 1. The van der Waals surface area contributed by atoms with E-state index in [1.165, 1.54) is 16.4 Å². The van der Waals surface area contributed by atoms with E-state index in [1.807, 2.05) is 0 Å². The summed E-state index contributed by atoms with van der Waals surface area (Å²) in [6.45, 7) is 5.71. The molecule has 2 heterocycles.